The Bertz CT molecular complexity index is 1310. The molecular formula is C23H21N3O2S2. The molecule has 4 aromatic rings. The summed E-state index contributed by atoms with van der Waals surface area (Å²) >= 11 is 1.55. The third-order valence-corrected chi connectivity index (χ3v) is 7.29. The summed E-state index contributed by atoms with van der Waals surface area (Å²) in [6, 6.07) is 26.8. The molecule has 0 aliphatic carbocycles. The molecule has 0 radical (unpaired) electrons. The van der Waals surface area contributed by atoms with Crippen LogP contribution >= 0.6 is 11.3 Å². The van der Waals surface area contributed by atoms with E-state index < -0.39 is 10.0 Å². The van der Waals surface area contributed by atoms with Gasteiger partial charge in [0.2, 0.25) is 10.0 Å². The molecule has 0 N–H and O–H groups in total. The van der Waals surface area contributed by atoms with E-state index in [0.29, 0.717) is 0 Å². The van der Waals surface area contributed by atoms with Crippen molar-refractivity contribution in [2.24, 2.45) is 4.99 Å². The molecule has 0 unspecified atom stereocenters. The Hall–Kier alpha value is -3.00. The van der Waals surface area contributed by atoms with Crippen LogP contribution in [0, 0.1) is 0 Å². The van der Waals surface area contributed by atoms with Gasteiger partial charge in [-0.05, 0) is 42.0 Å². The van der Waals surface area contributed by atoms with Crippen molar-refractivity contribution < 1.29 is 8.42 Å². The molecule has 5 nitrogen and oxygen atoms in total. The van der Waals surface area contributed by atoms with Crippen LogP contribution in [0.2, 0.25) is 0 Å². The van der Waals surface area contributed by atoms with Crippen LogP contribution in [0.1, 0.15) is 0 Å². The maximum Gasteiger partial charge on any atom is 0.242 e. The highest BCUT2D eigenvalue weighted by molar-refractivity contribution is 7.89. The SMILES string of the molecule is CN(C)S(=O)(=O)c1ccc(-c2csc(=Nc3ccccc3)n2-c2ccccc2)cc1. The van der Waals surface area contributed by atoms with E-state index in [1.807, 2.05) is 78.2 Å². The summed E-state index contributed by atoms with van der Waals surface area (Å²) in [5, 5.41) is 2.05. The smallest absolute Gasteiger partial charge is 0.242 e. The molecule has 0 amide bonds. The lowest BCUT2D eigenvalue weighted by Gasteiger charge is -2.13. The Morgan fingerprint density at radius 3 is 2.03 bits per heavy atom. The number of rotatable bonds is 5. The molecule has 0 spiro atoms. The molecule has 7 heteroatoms. The van der Waals surface area contributed by atoms with Crippen LogP contribution < -0.4 is 4.80 Å². The summed E-state index contributed by atoms with van der Waals surface area (Å²) in [6.45, 7) is 0. The number of sulfonamides is 1. The average molecular weight is 436 g/mol. The van der Waals surface area contributed by atoms with Crippen LogP contribution in [0.4, 0.5) is 5.69 Å². The minimum atomic E-state index is -3.46. The summed E-state index contributed by atoms with van der Waals surface area (Å²) in [5.41, 5.74) is 3.74. The third-order valence-electron chi connectivity index (χ3n) is 4.63. The zero-order valence-corrected chi connectivity index (χ0v) is 18.3. The van der Waals surface area contributed by atoms with Crippen LogP contribution in [0.3, 0.4) is 0 Å². The number of para-hydroxylation sites is 2. The Morgan fingerprint density at radius 1 is 0.833 bits per heavy atom. The lowest BCUT2D eigenvalue weighted by molar-refractivity contribution is 0.521. The third kappa shape index (κ3) is 4.00. The summed E-state index contributed by atoms with van der Waals surface area (Å²) in [4.78, 5) is 5.93. The Kier molecular flexibility index (Phi) is 5.67. The Balaban J connectivity index is 1.86. The van der Waals surface area contributed by atoms with Gasteiger partial charge in [0.1, 0.15) is 0 Å². The molecule has 1 aromatic heterocycles. The second kappa shape index (κ2) is 8.39. The highest BCUT2D eigenvalue weighted by Gasteiger charge is 2.17. The van der Waals surface area contributed by atoms with Crippen molar-refractivity contribution in [2.45, 2.75) is 4.90 Å². The van der Waals surface area contributed by atoms with Crippen molar-refractivity contribution in [3.05, 3.63) is 95.1 Å². The fourth-order valence-electron chi connectivity index (χ4n) is 3.04. The van der Waals surface area contributed by atoms with Crippen molar-refractivity contribution in [3.8, 4) is 16.9 Å². The molecule has 30 heavy (non-hydrogen) atoms. The number of nitrogens with zero attached hydrogens (tertiary/aromatic N) is 3. The summed E-state index contributed by atoms with van der Waals surface area (Å²) in [5.74, 6) is 0. The highest BCUT2D eigenvalue weighted by atomic mass is 32.2. The first-order valence-electron chi connectivity index (χ1n) is 9.35. The van der Waals surface area contributed by atoms with E-state index in [0.717, 1.165) is 27.4 Å². The van der Waals surface area contributed by atoms with Crippen LogP contribution in [0.25, 0.3) is 16.9 Å². The number of hydrogen-bond donors (Lipinski definition) is 0. The zero-order valence-electron chi connectivity index (χ0n) is 16.6. The zero-order chi connectivity index (χ0) is 21.1. The van der Waals surface area contributed by atoms with Gasteiger partial charge in [0, 0.05) is 25.2 Å². The van der Waals surface area contributed by atoms with E-state index in [-0.39, 0.29) is 4.90 Å². The van der Waals surface area contributed by atoms with Crippen LogP contribution in [-0.4, -0.2) is 31.4 Å². The Morgan fingerprint density at radius 2 is 1.43 bits per heavy atom. The van der Waals surface area contributed by atoms with Crippen molar-refractivity contribution in [1.29, 1.82) is 0 Å². The van der Waals surface area contributed by atoms with Gasteiger partial charge < -0.3 is 0 Å². The standard InChI is InChI=1S/C23H21N3O2S2/c1-25(2)30(27,28)21-15-13-18(14-16-21)22-17-29-23(24-19-9-5-3-6-10-19)26(22)20-11-7-4-8-12-20/h3-17H,1-2H3. The van der Waals surface area contributed by atoms with Gasteiger partial charge in [-0.25, -0.2) is 17.7 Å². The van der Waals surface area contributed by atoms with E-state index >= 15 is 0 Å². The molecule has 0 saturated carbocycles. The molecular weight excluding hydrogens is 414 g/mol. The van der Waals surface area contributed by atoms with Crippen LogP contribution in [0.15, 0.2) is 100 Å². The number of benzene rings is 3. The van der Waals surface area contributed by atoms with Gasteiger partial charge in [-0.15, -0.1) is 11.3 Å². The molecule has 0 aliphatic rings. The summed E-state index contributed by atoms with van der Waals surface area (Å²) in [6.07, 6.45) is 0. The second-order valence-corrected chi connectivity index (χ2v) is 9.82. The van der Waals surface area contributed by atoms with Gasteiger partial charge in [0.05, 0.1) is 16.3 Å². The molecule has 0 saturated heterocycles. The first-order chi connectivity index (χ1) is 14.5. The monoisotopic (exact) mass is 435 g/mol. The number of aromatic nitrogens is 1. The molecule has 152 valence electrons. The molecule has 3 aromatic carbocycles. The van der Waals surface area contributed by atoms with Crippen molar-refractivity contribution >= 4 is 27.0 Å². The summed E-state index contributed by atoms with van der Waals surface area (Å²) in [7, 11) is -0.402. The van der Waals surface area contributed by atoms with Gasteiger partial charge in [0.15, 0.2) is 4.80 Å². The van der Waals surface area contributed by atoms with Gasteiger partial charge in [-0.1, -0.05) is 48.5 Å². The van der Waals surface area contributed by atoms with Crippen molar-refractivity contribution in [1.82, 2.24) is 8.87 Å². The molecule has 0 fully saturated rings. The normalized spacial score (nSPS) is 12.4. The van der Waals surface area contributed by atoms with E-state index in [4.69, 9.17) is 4.99 Å². The first kappa shape index (κ1) is 20.3. The van der Waals surface area contributed by atoms with Crippen LogP contribution in [0.5, 0.6) is 0 Å². The number of thiazole rings is 1. The minimum Gasteiger partial charge on any atom is -0.285 e. The molecule has 1 heterocycles. The van der Waals surface area contributed by atoms with Gasteiger partial charge in [-0.3, -0.25) is 4.57 Å². The molecule has 0 bridgehead atoms. The highest BCUT2D eigenvalue weighted by Crippen LogP contribution is 2.26. The van der Waals surface area contributed by atoms with Crippen molar-refractivity contribution in [2.75, 3.05) is 14.1 Å². The average Bonchev–Trinajstić information content (AvgIpc) is 3.18. The lowest BCUT2D eigenvalue weighted by atomic mass is 10.1. The fraction of sp³-hybridized carbons (Fsp3) is 0.0870. The first-order valence-corrected chi connectivity index (χ1v) is 11.7. The predicted molar refractivity (Wildman–Crippen MR) is 122 cm³/mol. The molecule has 4 rings (SSSR count). The van der Waals surface area contributed by atoms with Gasteiger partial charge >= 0.3 is 0 Å². The Labute approximate surface area is 180 Å². The van der Waals surface area contributed by atoms with Crippen molar-refractivity contribution in [3.63, 3.8) is 0 Å². The predicted octanol–water partition coefficient (Wildman–Crippen LogP) is 4.69. The maximum atomic E-state index is 12.4. The largest absolute Gasteiger partial charge is 0.285 e. The number of hydrogen-bond acceptors (Lipinski definition) is 4. The van der Waals surface area contributed by atoms with E-state index in [2.05, 4.69) is 4.57 Å². The summed E-state index contributed by atoms with van der Waals surface area (Å²) < 4.78 is 28.1. The van der Waals surface area contributed by atoms with Crippen LogP contribution in [-0.2, 0) is 10.0 Å². The van der Waals surface area contributed by atoms with Gasteiger partial charge in [-0.2, -0.15) is 0 Å². The minimum absolute atomic E-state index is 0.270. The van der Waals surface area contributed by atoms with Gasteiger partial charge in [0.25, 0.3) is 0 Å². The fourth-order valence-corrected chi connectivity index (χ4v) is 4.87. The second-order valence-electron chi connectivity index (χ2n) is 6.83. The quantitative estimate of drug-likeness (QED) is 0.457. The van der Waals surface area contributed by atoms with E-state index in [1.165, 1.54) is 18.4 Å². The van der Waals surface area contributed by atoms with E-state index in [9.17, 15) is 8.42 Å². The topological polar surface area (TPSA) is 54.7 Å². The maximum absolute atomic E-state index is 12.4. The van der Waals surface area contributed by atoms with E-state index in [1.54, 1.807) is 23.5 Å². The molecule has 0 aliphatic heterocycles. The lowest BCUT2D eigenvalue weighted by Crippen LogP contribution is -2.22. The molecule has 0 atom stereocenters.